The first kappa shape index (κ1) is 24.5. The van der Waals surface area contributed by atoms with Gasteiger partial charge in [-0.2, -0.15) is 18.3 Å². The number of rotatable bonds is 7. The van der Waals surface area contributed by atoms with Crippen molar-refractivity contribution < 1.29 is 32.6 Å². The Morgan fingerprint density at radius 3 is 2.39 bits per heavy atom. The minimum atomic E-state index is -4.57. The molecule has 36 heavy (non-hydrogen) atoms. The summed E-state index contributed by atoms with van der Waals surface area (Å²) < 4.78 is 44.8. The number of hydrogen-bond donors (Lipinski definition) is 2. The molecule has 9 heteroatoms. The maximum atomic E-state index is 12.9. The fourth-order valence-corrected chi connectivity index (χ4v) is 3.50. The largest absolute Gasteiger partial charge is 0.488 e. The van der Waals surface area contributed by atoms with Gasteiger partial charge in [-0.05, 0) is 52.7 Å². The predicted octanol–water partition coefficient (Wildman–Crippen LogP) is 5.90. The number of amides is 1. The molecule has 0 aliphatic rings. The van der Waals surface area contributed by atoms with Crippen LogP contribution >= 0.6 is 0 Å². The van der Waals surface area contributed by atoms with Gasteiger partial charge in [0.2, 0.25) is 0 Å². The molecule has 0 heterocycles. The molecule has 4 aromatic rings. The zero-order valence-corrected chi connectivity index (χ0v) is 18.6. The van der Waals surface area contributed by atoms with Crippen LogP contribution in [0.2, 0.25) is 0 Å². The van der Waals surface area contributed by atoms with Crippen LogP contribution < -0.4 is 10.2 Å². The van der Waals surface area contributed by atoms with Gasteiger partial charge in [0.15, 0.2) is 0 Å². The van der Waals surface area contributed by atoms with Gasteiger partial charge in [0.05, 0.1) is 17.3 Å². The van der Waals surface area contributed by atoms with Crippen molar-refractivity contribution in [2.75, 3.05) is 0 Å². The Labute approximate surface area is 203 Å². The highest BCUT2D eigenvalue weighted by molar-refractivity contribution is 6.03. The van der Waals surface area contributed by atoms with Crippen LogP contribution in [0.15, 0.2) is 90.0 Å². The Balaban J connectivity index is 1.55. The van der Waals surface area contributed by atoms with E-state index in [2.05, 4.69) is 10.5 Å². The number of nitrogens with zero attached hydrogens (tertiary/aromatic N) is 1. The van der Waals surface area contributed by atoms with Gasteiger partial charge in [0, 0.05) is 11.1 Å². The monoisotopic (exact) mass is 492 g/mol. The van der Waals surface area contributed by atoms with E-state index >= 15 is 0 Å². The Kier molecular flexibility index (Phi) is 7.00. The maximum Gasteiger partial charge on any atom is 0.416 e. The third-order valence-corrected chi connectivity index (χ3v) is 5.34. The van der Waals surface area contributed by atoms with Crippen LogP contribution in [0.5, 0.6) is 5.75 Å². The van der Waals surface area contributed by atoms with Gasteiger partial charge >= 0.3 is 12.1 Å². The van der Waals surface area contributed by atoms with Gasteiger partial charge in [-0.25, -0.2) is 10.2 Å². The summed E-state index contributed by atoms with van der Waals surface area (Å²) in [6.45, 7) is 0.148. The van der Waals surface area contributed by atoms with E-state index in [9.17, 15) is 22.8 Å². The molecule has 6 nitrogen and oxygen atoms in total. The molecule has 0 saturated heterocycles. The molecule has 0 fully saturated rings. The molecule has 0 unspecified atom stereocenters. The minimum absolute atomic E-state index is 0.148. The van der Waals surface area contributed by atoms with Crippen LogP contribution in [0.1, 0.15) is 37.4 Å². The van der Waals surface area contributed by atoms with Crippen molar-refractivity contribution in [3.8, 4) is 5.75 Å². The fourth-order valence-electron chi connectivity index (χ4n) is 3.50. The SMILES string of the molecule is O=C(O)c1ccc(COc2ccc3ccccc3c2/C=N\NC(=O)c2cccc(C(F)(F)F)c2)cc1. The number of alkyl halides is 3. The highest BCUT2D eigenvalue weighted by atomic mass is 19.4. The van der Waals surface area contributed by atoms with Crippen LogP contribution in [0.3, 0.4) is 0 Å². The number of carbonyl (C=O) groups excluding carboxylic acids is 1. The summed E-state index contributed by atoms with van der Waals surface area (Å²) in [4.78, 5) is 23.4. The normalized spacial score (nSPS) is 11.5. The van der Waals surface area contributed by atoms with Crippen LogP contribution in [0.4, 0.5) is 13.2 Å². The summed E-state index contributed by atoms with van der Waals surface area (Å²) in [5.41, 5.74) is 2.61. The van der Waals surface area contributed by atoms with Crippen molar-refractivity contribution in [1.82, 2.24) is 5.43 Å². The van der Waals surface area contributed by atoms with Crippen molar-refractivity contribution >= 4 is 28.9 Å². The summed E-state index contributed by atoms with van der Waals surface area (Å²) in [5, 5.41) is 14.7. The Hall–Kier alpha value is -4.66. The lowest BCUT2D eigenvalue weighted by Crippen LogP contribution is -2.18. The van der Waals surface area contributed by atoms with Crippen LogP contribution in [-0.2, 0) is 12.8 Å². The van der Waals surface area contributed by atoms with Crippen molar-refractivity contribution in [1.29, 1.82) is 0 Å². The van der Waals surface area contributed by atoms with Crippen molar-refractivity contribution in [2.45, 2.75) is 12.8 Å². The summed E-state index contributed by atoms with van der Waals surface area (Å²) in [7, 11) is 0. The number of aromatic carboxylic acids is 1. The number of nitrogens with one attached hydrogen (secondary N) is 1. The number of fused-ring (bicyclic) bond motifs is 1. The van der Waals surface area contributed by atoms with Crippen molar-refractivity contribution in [2.24, 2.45) is 5.10 Å². The van der Waals surface area contributed by atoms with Crippen LogP contribution in [-0.4, -0.2) is 23.2 Å². The van der Waals surface area contributed by atoms with Crippen molar-refractivity contribution in [3.63, 3.8) is 0 Å². The van der Waals surface area contributed by atoms with E-state index < -0.39 is 23.6 Å². The third-order valence-electron chi connectivity index (χ3n) is 5.34. The molecule has 0 atom stereocenters. The first-order chi connectivity index (χ1) is 17.2. The van der Waals surface area contributed by atoms with E-state index in [1.54, 1.807) is 18.2 Å². The molecule has 1 amide bonds. The molecule has 0 aromatic heterocycles. The summed E-state index contributed by atoms with van der Waals surface area (Å²) in [6, 6.07) is 21.3. The molecule has 0 aliphatic carbocycles. The quantitative estimate of drug-likeness (QED) is 0.248. The average Bonchev–Trinajstić information content (AvgIpc) is 2.87. The number of carbonyl (C=O) groups is 2. The van der Waals surface area contributed by atoms with E-state index in [-0.39, 0.29) is 17.7 Å². The lowest BCUT2D eigenvalue weighted by atomic mass is 10.0. The molecule has 182 valence electrons. The highest BCUT2D eigenvalue weighted by Crippen LogP contribution is 2.30. The second-order valence-electron chi connectivity index (χ2n) is 7.77. The number of ether oxygens (including phenoxy) is 1. The standard InChI is InChI=1S/C27H19F3N2O4/c28-27(29,30)21-6-3-5-20(14-21)25(33)32-31-15-23-22-7-2-1-4-18(22)12-13-24(23)36-16-17-8-10-19(11-9-17)26(34)35/h1-15H,16H2,(H,32,33)(H,34,35)/b31-15-. The number of benzene rings is 4. The Morgan fingerprint density at radius 1 is 0.917 bits per heavy atom. The summed E-state index contributed by atoms with van der Waals surface area (Å²) in [5.74, 6) is -1.37. The Morgan fingerprint density at radius 2 is 1.67 bits per heavy atom. The fraction of sp³-hybridized carbons (Fsp3) is 0.0741. The number of carboxylic acids is 1. The number of carboxylic acid groups (broad SMARTS) is 1. The van der Waals surface area contributed by atoms with E-state index in [1.165, 1.54) is 24.4 Å². The smallest absolute Gasteiger partial charge is 0.416 e. The van der Waals surface area contributed by atoms with Gasteiger partial charge in [-0.1, -0.05) is 48.5 Å². The molecular weight excluding hydrogens is 473 g/mol. The van der Waals surface area contributed by atoms with Gasteiger partial charge in [-0.15, -0.1) is 0 Å². The molecule has 2 N–H and O–H groups in total. The summed E-state index contributed by atoms with van der Waals surface area (Å²) in [6.07, 6.45) is -3.20. The zero-order chi connectivity index (χ0) is 25.7. The molecule has 0 bridgehead atoms. The van der Waals surface area contributed by atoms with E-state index in [4.69, 9.17) is 9.84 Å². The highest BCUT2D eigenvalue weighted by Gasteiger charge is 2.30. The molecule has 4 aromatic carbocycles. The predicted molar refractivity (Wildman–Crippen MR) is 128 cm³/mol. The second kappa shape index (κ2) is 10.3. The average molecular weight is 492 g/mol. The first-order valence-corrected chi connectivity index (χ1v) is 10.7. The minimum Gasteiger partial charge on any atom is -0.488 e. The van der Waals surface area contributed by atoms with E-state index in [1.807, 2.05) is 30.3 Å². The molecule has 0 spiro atoms. The van der Waals surface area contributed by atoms with Crippen LogP contribution in [0.25, 0.3) is 10.8 Å². The molecule has 0 radical (unpaired) electrons. The van der Waals surface area contributed by atoms with Crippen molar-refractivity contribution in [3.05, 3.63) is 113 Å². The van der Waals surface area contributed by atoms with Crippen LogP contribution in [0, 0.1) is 0 Å². The van der Waals surface area contributed by atoms with Gasteiger partial charge in [0.1, 0.15) is 12.4 Å². The number of hydrazone groups is 1. The third kappa shape index (κ3) is 5.69. The zero-order valence-electron chi connectivity index (χ0n) is 18.6. The molecule has 0 saturated carbocycles. The maximum absolute atomic E-state index is 12.9. The number of hydrogen-bond acceptors (Lipinski definition) is 4. The van der Waals surface area contributed by atoms with E-state index in [0.717, 1.165) is 34.5 Å². The topological polar surface area (TPSA) is 88.0 Å². The summed E-state index contributed by atoms with van der Waals surface area (Å²) >= 11 is 0. The van der Waals surface area contributed by atoms with Gasteiger partial charge in [0.25, 0.3) is 5.91 Å². The molecule has 0 aliphatic heterocycles. The molecular formula is C27H19F3N2O4. The Bertz CT molecular complexity index is 1450. The number of halogens is 3. The molecule has 4 rings (SSSR count). The lowest BCUT2D eigenvalue weighted by molar-refractivity contribution is -0.137. The lowest BCUT2D eigenvalue weighted by Gasteiger charge is -2.12. The van der Waals surface area contributed by atoms with Gasteiger partial charge < -0.3 is 9.84 Å². The van der Waals surface area contributed by atoms with E-state index in [0.29, 0.717) is 11.3 Å². The first-order valence-electron chi connectivity index (χ1n) is 10.7. The van der Waals surface area contributed by atoms with Gasteiger partial charge in [-0.3, -0.25) is 4.79 Å². The second-order valence-corrected chi connectivity index (χ2v) is 7.77.